The van der Waals surface area contributed by atoms with Crippen LogP contribution in [0.1, 0.15) is 33.9 Å². The van der Waals surface area contributed by atoms with Crippen LogP contribution in [0, 0.1) is 13.8 Å². The first kappa shape index (κ1) is 13.1. The van der Waals surface area contributed by atoms with Crippen LogP contribution >= 0.6 is 11.3 Å². The molecule has 1 N–H and O–H groups in total. The normalized spacial score (nSPS) is 12.4. The van der Waals surface area contributed by atoms with E-state index in [0.717, 1.165) is 16.9 Å². The van der Waals surface area contributed by atoms with Gasteiger partial charge in [-0.15, -0.1) is 11.3 Å². The van der Waals surface area contributed by atoms with Gasteiger partial charge in [-0.2, -0.15) is 0 Å². The maximum atomic E-state index is 10.4. The molecule has 2 aromatic rings. The van der Waals surface area contributed by atoms with E-state index >= 15 is 0 Å². The van der Waals surface area contributed by atoms with Gasteiger partial charge in [0, 0.05) is 9.75 Å². The van der Waals surface area contributed by atoms with Crippen molar-refractivity contribution in [3.63, 3.8) is 0 Å². The van der Waals surface area contributed by atoms with Crippen LogP contribution in [0.25, 0.3) is 0 Å². The molecule has 1 aromatic carbocycles. The number of aryl methyl sites for hydroxylation is 2. The molecule has 0 radical (unpaired) electrons. The predicted octanol–water partition coefficient (Wildman–Crippen LogP) is 3.85. The molecule has 0 spiro atoms. The zero-order chi connectivity index (χ0) is 13.1. The van der Waals surface area contributed by atoms with Crippen molar-refractivity contribution in [2.24, 2.45) is 0 Å². The van der Waals surface area contributed by atoms with Crippen LogP contribution in [0.3, 0.4) is 0 Å². The molecule has 1 atom stereocenters. The largest absolute Gasteiger partial charge is 0.494 e. The summed E-state index contributed by atoms with van der Waals surface area (Å²) in [6.45, 7) is 6.69. The maximum Gasteiger partial charge on any atom is 0.119 e. The Morgan fingerprint density at radius 3 is 2.67 bits per heavy atom. The van der Waals surface area contributed by atoms with Crippen molar-refractivity contribution in [2.45, 2.75) is 26.9 Å². The Morgan fingerprint density at radius 2 is 2.06 bits per heavy atom. The topological polar surface area (TPSA) is 29.5 Å². The van der Waals surface area contributed by atoms with Gasteiger partial charge in [-0.3, -0.25) is 0 Å². The molecule has 1 unspecified atom stereocenters. The molecule has 1 aromatic heterocycles. The summed E-state index contributed by atoms with van der Waals surface area (Å²) in [5, 5.41) is 10.4. The summed E-state index contributed by atoms with van der Waals surface area (Å²) in [4.78, 5) is 2.39. The Kier molecular flexibility index (Phi) is 4.04. The predicted molar refractivity (Wildman–Crippen MR) is 75.5 cm³/mol. The lowest BCUT2D eigenvalue weighted by Gasteiger charge is -2.12. The van der Waals surface area contributed by atoms with Crippen LogP contribution in [0.5, 0.6) is 5.75 Å². The maximum absolute atomic E-state index is 10.4. The van der Waals surface area contributed by atoms with Crippen LogP contribution < -0.4 is 4.74 Å². The highest BCUT2D eigenvalue weighted by Gasteiger charge is 2.15. The van der Waals surface area contributed by atoms with E-state index in [0.29, 0.717) is 6.61 Å². The van der Waals surface area contributed by atoms with E-state index in [2.05, 4.69) is 13.0 Å². The van der Waals surface area contributed by atoms with Gasteiger partial charge in [0.05, 0.1) is 6.61 Å². The van der Waals surface area contributed by atoms with Gasteiger partial charge in [0.1, 0.15) is 11.9 Å². The third-order valence-electron chi connectivity index (χ3n) is 2.86. The fraction of sp³-hybridized carbons (Fsp3) is 0.333. The minimum absolute atomic E-state index is 0.574. The first-order valence-electron chi connectivity index (χ1n) is 6.09. The summed E-state index contributed by atoms with van der Waals surface area (Å²) in [6.07, 6.45) is -0.574. The second-order valence-corrected chi connectivity index (χ2v) is 5.74. The first-order valence-corrected chi connectivity index (χ1v) is 6.91. The summed E-state index contributed by atoms with van der Waals surface area (Å²) in [7, 11) is 0. The van der Waals surface area contributed by atoms with Gasteiger partial charge in [0.2, 0.25) is 0 Å². The van der Waals surface area contributed by atoms with Gasteiger partial charge in [-0.25, -0.2) is 0 Å². The molecule has 2 rings (SSSR count). The molecular formula is C15H18O2S. The Hall–Kier alpha value is -1.32. The van der Waals surface area contributed by atoms with Gasteiger partial charge < -0.3 is 9.84 Å². The number of benzene rings is 1. The Labute approximate surface area is 112 Å². The van der Waals surface area contributed by atoms with Crippen molar-refractivity contribution in [2.75, 3.05) is 6.61 Å². The number of aliphatic hydroxyl groups is 1. The molecule has 96 valence electrons. The molecule has 0 bridgehead atoms. The molecule has 18 heavy (non-hydrogen) atoms. The van der Waals surface area contributed by atoms with Crippen molar-refractivity contribution >= 4 is 11.3 Å². The highest BCUT2D eigenvalue weighted by atomic mass is 32.1. The SMILES string of the molecule is CCOc1cccc(C(O)c2cc(C)sc2C)c1. The molecule has 0 saturated heterocycles. The van der Waals surface area contributed by atoms with Crippen LogP contribution in [0.4, 0.5) is 0 Å². The molecule has 0 aliphatic rings. The molecular weight excluding hydrogens is 244 g/mol. The zero-order valence-corrected chi connectivity index (χ0v) is 11.8. The number of hydrogen-bond donors (Lipinski definition) is 1. The fourth-order valence-corrected chi connectivity index (χ4v) is 3.00. The lowest BCUT2D eigenvalue weighted by atomic mass is 10.0. The molecule has 0 fully saturated rings. The lowest BCUT2D eigenvalue weighted by Crippen LogP contribution is -2.00. The van der Waals surface area contributed by atoms with Crippen molar-refractivity contribution in [1.82, 2.24) is 0 Å². The summed E-state index contributed by atoms with van der Waals surface area (Å²) in [5.41, 5.74) is 1.87. The number of rotatable bonds is 4. The average molecular weight is 262 g/mol. The highest BCUT2D eigenvalue weighted by Crippen LogP contribution is 2.31. The standard InChI is InChI=1S/C15H18O2S/c1-4-17-13-7-5-6-12(9-13)15(16)14-8-10(2)18-11(14)3/h5-9,15-16H,4H2,1-3H3. The second-order valence-electron chi connectivity index (χ2n) is 4.28. The van der Waals surface area contributed by atoms with Crippen LogP contribution in [0.2, 0.25) is 0 Å². The molecule has 1 heterocycles. The molecule has 0 aliphatic heterocycles. The Bertz CT molecular complexity index is 531. The summed E-state index contributed by atoms with van der Waals surface area (Å²) in [5.74, 6) is 0.804. The van der Waals surface area contributed by atoms with Gasteiger partial charge in [-0.1, -0.05) is 12.1 Å². The van der Waals surface area contributed by atoms with Gasteiger partial charge in [0.15, 0.2) is 0 Å². The van der Waals surface area contributed by atoms with E-state index in [4.69, 9.17) is 4.74 Å². The third kappa shape index (κ3) is 2.74. The average Bonchev–Trinajstić information content (AvgIpc) is 2.68. The monoisotopic (exact) mass is 262 g/mol. The molecule has 0 aliphatic carbocycles. The summed E-state index contributed by atoms with van der Waals surface area (Å²) in [6, 6.07) is 9.71. The van der Waals surface area contributed by atoms with E-state index in [9.17, 15) is 5.11 Å². The van der Waals surface area contributed by atoms with E-state index < -0.39 is 6.10 Å². The quantitative estimate of drug-likeness (QED) is 0.907. The number of ether oxygens (including phenoxy) is 1. The molecule has 2 nitrogen and oxygen atoms in total. The van der Waals surface area contributed by atoms with Crippen molar-refractivity contribution in [3.8, 4) is 5.75 Å². The zero-order valence-electron chi connectivity index (χ0n) is 10.9. The molecule has 0 amide bonds. The molecule has 0 saturated carbocycles. The first-order chi connectivity index (χ1) is 8.61. The van der Waals surface area contributed by atoms with E-state index in [1.165, 1.54) is 9.75 Å². The summed E-state index contributed by atoms with van der Waals surface area (Å²) >= 11 is 1.72. The third-order valence-corrected chi connectivity index (χ3v) is 3.84. The van der Waals surface area contributed by atoms with Crippen LogP contribution in [-0.2, 0) is 0 Å². The van der Waals surface area contributed by atoms with E-state index in [1.54, 1.807) is 11.3 Å². The minimum Gasteiger partial charge on any atom is -0.494 e. The smallest absolute Gasteiger partial charge is 0.119 e. The lowest BCUT2D eigenvalue weighted by molar-refractivity contribution is 0.219. The van der Waals surface area contributed by atoms with Crippen molar-refractivity contribution in [3.05, 3.63) is 51.2 Å². The van der Waals surface area contributed by atoms with E-state index in [-0.39, 0.29) is 0 Å². The number of hydrogen-bond acceptors (Lipinski definition) is 3. The van der Waals surface area contributed by atoms with Crippen molar-refractivity contribution < 1.29 is 9.84 Å². The Morgan fingerprint density at radius 1 is 1.28 bits per heavy atom. The van der Waals surface area contributed by atoms with Gasteiger partial charge in [-0.05, 0) is 50.1 Å². The minimum atomic E-state index is -0.574. The van der Waals surface area contributed by atoms with Crippen LogP contribution in [0.15, 0.2) is 30.3 Å². The number of thiophene rings is 1. The number of aliphatic hydroxyl groups excluding tert-OH is 1. The Balaban J connectivity index is 2.30. The van der Waals surface area contributed by atoms with Gasteiger partial charge in [0.25, 0.3) is 0 Å². The van der Waals surface area contributed by atoms with Crippen molar-refractivity contribution in [1.29, 1.82) is 0 Å². The second kappa shape index (κ2) is 5.55. The molecule has 3 heteroatoms. The summed E-state index contributed by atoms with van der Waals surface area (Å²) < 4.78 is 5.46. The highest BCUT2D eigenvalue weighted by molar-refractivity contribution is 7.12. The van der Waals surface area contributed by atoms with Crippen LogP contribution in [-0.4, -0.2) is 11.7 Å². The van der Waals surface area contributed by atoms with E-state index in [1.807, 2.05) is 38.1 Å². The van der Waals surface area contributed by atoms with Gasteiger partial charge >= 0.3 is 0 Å². The fourth-order valence-electron chi connectivity index (χ4n) is 2.04.